The number of oxime groups is 1. The number of halogens is 1. The zero-order valence-corrected chi connectivity index (χ0v) is 13.0. The Morgan fingerprint density at radius 1 is 1.38 bits per heavy atom. The Labute approximate surface area is 133 Å². The molecule has 0 bridgehead atoms. The summed E-state index contributed by atoms with van der Waals surface area (Å²) in [7, 11) is 0. The van der Waals surface area contributed by atoms with Crippen LogP contribution in [0.5, 0.6) is 0 Å². The van der Waals surface area contributed by atoms with E-state index < -0.39 is 0 Å². The molecule has 0 aliphatic carbocycles. The van der Waals surface area contributed by atoms with E-state index in [4.69, 9.17) is 10.9 Å². The Morgan fingerprint density at radius 3 is 2.95 bits per heavy atom. The summed E-state index contributed by atoms with van der Waals surface area (Å²) in [5.41, 5.74) is 7.36. The van der Waals surface area contributed by atoms with E-state index in [1.165, 1.54) is 6.33 Å². The number of nitrogens with zero attached hydrogens (tertiary/aromatic N) is 5. The number of amidine groups is 1. The van der Waals surface area contributed by atoms with Crippen molar-refractivity contribution in [2.75, 3.05) is 0 Å². The Morgan fingerprint density at radius 2 is 2.19 bits per heavy atom. The summed E-state index contributed by atoms with van der Waals surface area (Å²) in [4.78, 5) is 12.9. The second-order valence-electron chi connectivity index (χ2n) is 4.31. The van der Waals surface area contributed by atoms with Crippen molar-refractivity contribution in [2.24, 2.45) is 10.9 Å². The third kappa shape index (κ3) is 2.53. The summed E-state index contributed by atoms with van der Waals surface area (Å²) in [6.07, 6.45) is 3.44. The topological polar surface area (TPSA) is 102 Å². The molecular weight excluding hydrogens is 383 g/mol. The van der Waals surface area contributed by atoms with Crippen LogP contribution in [0.2, 0.25) is 0 Å². The van der Waals surface area contributed by atoms with Gasteiger partial charge in [-0.05, 0) is 34.7 Å². The van der Waals surface area contributed by atoms with Crippen LogP contribution in [-0.2, 0) is 6.42 Å². The van der Waals surface area contributed by atoms with Gasteiger partial charge in [-0.15, -0.1) is 0 Å². The van der Waals surface area contributed by atoms with Crippen molar-refractivity contribution in [1.82, 2.24) is 19.5 Å². The number of imidazole rings is 1. The van der Waals surface area contributed by atoms with Gasteiger partial charge in [-0.1, -0.05) is 17.3 Å². The van der Waals surface area contributed by atoms with E-state index in [0.717, 1.165) is 20.4 Å². The number of para-hydroxylation sites is 2. The van der Waals surface area contributed by atoms with Crippen LogP contribution in [0.15, 0.2) is 41.9 Å². The van der Waals surface area contributed by atoms with E-state index in [2.05, 4.69) is 42.7 Å². The van der Waals surface area contributed by atoms with Crippen molar-refractivity contribution in [1.29, 1.82) is 0 Å². The first kappa shape index (κ1) is 13.7. The third-order valence-corrected chi connectivity index (χ3v) is 3.72. The maximum Gasteiger partial charge on any atom is 0.155 e. The molecule has 0 aliphatic rings. The van der Waals surface area contributed by atoms with Crippen LogP contribution < -0.4 is 5.73 Å². The fourth-order valence-corrected chi connectivity index (χ4v) is 2.64. The van der Waals surface area contributed by atoms with Gasteiger partial charge >= 0.3 is 0 Å². The average molecular weight is 394 g/mol. The zero-order valence-electron chi connectivity index (χ0n) is 10.8. The molecular formula is C13H11IN6O. The number of hydrogen-bond donors (Lipinski definition) is 2. The molecule has 106 valence electrons. The number of rotatable bonds is 3. The smallest absolute Gasteiger partial charge is 0.155 e. The van der Waals surface area contributed by atoms with E-state index >= 15 is 0 Å². The highest BCUT2D eigenvalue weighted by Gasteiger charge is 2.16. The minimum absolute atomic E-state index is 0.0932. The van der Waals surface area contributed by atoms with Crippen molar-refractivity contribution < 1.29 is 5.21 Å². The Bertz CT molecular complexity index is 828. The molecule has 8 heteroatoms. The van der Waals surface area contributed by atoms with Crippen LogP contribution in [0.4, 0.5) is 0 Å². The average Bonchev–Trinajstić information content (AvgIpc) is 2.85. The second-order valence-corrected chi connectivity index (χ2v) is 5.48. The molecule has 0 fully saturated rings. The summed E-state index contributed by atoms with van der Waals surface area (Å²) in [5.74, 6) is 1.47. The van der Waals surface area contributed by atoms with Gasteiger partial charge in [-0.2, -0.15) is 0 Å². The van der Waals surface area contributed by atoms with Crippen LogP contribution in [0, 0.1) is 3.57 Å². The minimum atomic E-state index is 0.0932. The fourth-order valence-electron chi connectivity index (χ4n) is 2.10. The number of hydrogen-bond acceptors (Lipinski definition) is 5. The highest BCUT2D eigenvalue weighted by molar-refractivity contribution is 14.1. The minimum Gasteiger partial charge on any atom is -0.409 e. The van der Waals surface area contributed by atoms with E-state index in [0.29, 0.717) is 5.82 Å². The summed E-state index contributed by atoms with van der Waals surface area (Å²) >= 11 is 2.17. The monoisotopic (exact) mass is 394 g/mol. The van der Waals surface area contributed by atoms with Crippen LogP contribution in [0.1, 0.15) is 5.82 Å². The second kappa shape index (κ2) is 5.64. The van der Waals surface area contributed by atoms with Gasteiger partial charge in [0.1, 0.15) is 18.0 Å². The first-order valence-electron chi connectivity index (χ1n) is 6.09. The van der Waals surface area contributed by atoms with Crippen molar-refractivity contribution in [2.45, 2.75) is 6.42 Å². The zero-order chi connectivity index (χ0) is 14.8. The number of aromatic nitrogens is 4. The third-order valence-electron chi connectivity index (χ3n) is 2.96. The van der Waals surface area contributed by atoms with Gasteiger partial charge in [-0.25, -0.2) is 15.0 Å². The predicted molar refractivity (Wildman–Crippen MR) is 86.5 cm³/mol. The molecule has 0 saturated carbocycles. The lowest BCUT2D eigenvalue weighted by Crippen LogP contribution is -2.18. The first-order chi connectivity index (χ1) is 10.2. The molecule has 0 aliphatic heterocycles. The molecule has 3 N–H and O–H groups in total. The molecule has 0 spiro atoms. The predicted octanol–water partition coefficient (Wildman–Crippen LogP) is 1.71. The Hall–Kier alpha value is -2.23. The summed E-state index contributed by atoms with van der Waals surface area (Å²) < 4.78 is 2.79. The number of benzene rings is 1. The van der Waals surface area contributed by atoms with Crippen LogP contribution in [-0.4, -0.2) is 30.6 Å². The Kier molecular flexibility index (Phi) is 3.69. The molecule has 7 nitrogen and oxygen atoms in total. The molecule has 0 unspecified atom stereocenters. The van der Waals surface area contributed by atoms with Crippen LogP contribution >= 0.6 is 22.6 Å². The molecule has 0 radical (unpaired) electrons. The molecule has 0 atom stereocenters. The van der Waals surface area contributed by atoms with E-state index in [1.807, 2.05) is 28.8 Å². The SMILES string of the molecule is NC(Cc1nc2ccccc2n1-c1ncncc1I)=NO. The van der Waals surface area contributed by atoms with Gasteiger partial charge in [0.2, 0.25) is 0 Å². The van der Waals surface area contributed by atoms with Crippen LogP contribution in [0.3, 0.4) is 0 Å². The highest BCUT2D eigenvalue weighted by atomic mass is 127. The summed E-state index contributed by atoms with van der Waals surface area (Å²) in [6, 6.07) is 7.71. The normalized spacial score (nSPS) is 12.0. The lowest BCUT2D eigenvalue weighted by atomic mass is 10.3. The van der Waals surface area contributed by atoms with Crippen molar-refractivity contribution in [3.8, 4) is 5.82 Å². The molecule has 1 aromatic carbocycles. The maximum absolute atomic E-state index is 8.79. The molecule has 2 heterocycles. The quantitative estimate of drug-likeness (QED) is 0.232. The molecule has 21 heavy (non-hydrogen) atoms. The van der Waals surface area contributed by atoms with Crippen molar-refractivity contribution in [3.63, 3.8) is 0 Å². The van der Waals surface area contributed by atoms with Gasteiger partial charge in [0, 0.05) is 6.20 Å². The molecule has 2 aromatic heterocycles. The van der Waals surface area contributed by atoms with E-state index in [-0.39, 0.29) is 12.3 Å². The number of nitrogens with two attached hydrogens (primary N) is 1. The van der Waals surface area contributed by atoms with Crippen LogP contribution in [0.25, 0.3) is 16.9 Å². The van der Waals surface area contributed by atoms with Gasteiger partial charge < -0.3 is 10.9 Å². The van der Waals surface area contributed by atoms with Gasteiger partial charge in [-0.3, -0.25) is 4.57 Å². The summed E-state index contributed by atoms with van der Waals surface area (Å²) in [5, 5.41) is 11.8. The fraction of sp³-hybridized carbons (Fsp3) is 0.0769. The lowest BCUT2D eigenvalue weighted by Gasteiger charge is -2.09. The number of fused-ring (bicyclic) bond motifs is 1. The highest BCUT2D eigenvalue weighted by Crippen LogP contribution is 2.23. The molecule has 3 rings (SSSR count). The molecule has 0 amide bonds. The standard InChI is InChI=1S/C13H11IN6O/c14-8-6-16-7-17-13(8)20-10-4-2-1-3-9(10)18-12(20)5-11(15)19-21/h1-4,6-7,21H,5H2,(H2,15,19). The van der Waals surface area contributed by atoms with E-state index in [9.17, 15) is 0 Å². The molecule has 0 saturated heterocycles. The van der Waals surface area contributed by atoms with E-state index in [1.54, 1.807) is 6.20 Å². The van der Waals surface area contributed by atoms with Gasteiger partial charge in [0.05, 0.1) is 21.0 Å². The Balaban J connectivity index is 2.28. The van der Waals surface area contributed by atoms with Gasteiger partial charge in [0.15, 0.2) is 5.82 Å². The largest absolute Gasteiger partial charge is 0.409 e. The molecule has 3 aromatic rings. The van der Waals surface area contributed by atoms with Crippen molar-refractivity contribution >= 4 is 39.5 Å². The maximum atomic E-state index is 8.79. The summed E-state index contributed by atoms with van der Waals surface area (Å²) in [6.45, 7) is 0. The lowest BCUT2D eigenvalue weighted by molar-refractivity contribution is 0.317. The van der Waals surface area contributed by atoms with Crippen molar-refractivity contribution in [3.05, 3.63) is 46.2 Å². The van der Waals surface area contributed by atoms with Gasteiger partial charge in [0.25, 0.3) is 0 Å². The first-order valence-corrected chi connectivity index (χ1v) is 7.17.